The molecule has 1 aliphatic carbocycles. The lowest BCUT2D eigenvalue weighted by atomic mass is 10.2. The monoisotopic (exact) mass is 356 g/mol. The highest BCUT2D eigenvalue weighted by Gasteiger charge is 2.31. The largest absolute Gasteiger partial charge is 0.260 e. The van der Waals surface area contributed by atoms with E-state index in [2.05, 4.69) is 14.8 Å². The number of hydrogen-bond donors (Lipinski definition) is 1. The fraction of sp³-hybridized carbons (Fsp3) is 0.733. The molecular weight excluding hydrogens is 332 g/mol. The minimum atomic E-state index is -3.62. The van der Waals surface area contributed by atoms with E-state index in [9.17, 15) is 8.42 Å². The van der Waals surface area contributed by atoms with Gasteiger partial charge in [0.25, 0.3) is 10.0 Å². The highest BCUT2D eigenvalue weighted by Crippen LogP contribution is 2.30. The maximum Gasteiger partial charge on any atom is 0.260 e. The number of aromatic nitrogens is 3. The molecule has 0 atom stereocenters. The molecule has 2 heterocycles. The molecule has 1 N–H and O–H groups in total. The highest BCUT2D eigenvalue weighted by molar-refractivity contribution is 7.89. The molecule has 0 unspecified atom stereocenters. The van der Waals surface area contributed by atoms with Gasteiger partial charge in [0.15, 0.2) is 5.03 Å². The number of sulfonamides is 1. The normalized spacial score (nSPS) is 17.1. The number of imidazole rings is 1. The van der Waals surface area contributed by atoms with Crippen molar-refractivity contribution in [2.24, 2.45) is 0 Å². The van der Waals surface area contributed by atoms with Gasteiger partial charge >= 0.3 is 0 Å². The van der Waals surface area contributed by atoms with E-state index in [1.54, 1.807) is 0 Å². The first kappa shape index (κ1) is 16.9. The fourth-order valence-corrected chi connectivity index (χ4v) is 5.60. The molecular formula is C15H24N4O2S2. The van der Waals surface area contributed by atoms with Crippen molar-refractivity contribution in [3.63, 3.8) is 0 Å². The molecule has 128 valence electrons. The first-order valence-corrected chi connectivity index (χ1v) is 10.5. The van der Waals surface area contributed by atoms with E-state index in [-0.39, 0.29) is 22.9 Å². The summed E-state index contributed by atoms with van der Waals surface area (Å²) in [6.45, 7) is 8.02. The molecule has 0 spiro atoms. The van der Waals surface area contributed by atoms with Crippen LogP contribution in [-0.2, 0) is 10.0 Å². The zero-order chi connectivity index (χ0) is 16.8. The molecule has 0 bridgehead atoms. The van der Waals surface area contributed by atoms with Crippen LogP contribution < -0.4 is 4.72 Å². The van der Waals surface area contributed by atoms with Crippen molar-refractivity contribution in [2.45, 2.75) is 76.3 Å². The standard InChI is InChI=1S/C15H24N4O2S2/c1-9(2)12-14(23(20,21)18-11-7-5-6-8-11)19-15(16-12)22-13(17-19)10(3)4/h9-11,18H,5-8H2,1-4H3. The number of nitrogens with one attached hydrogen (secondary N) is 1. The third-order valence-electron chi connectivity index (χ3n) is 4.18. The van der Waals surface area contributed by atoms with Crippen LogP contribution in [-0.4, -0.2) is 29.1 Å². The zero-order valence-electron chi connectivity index (χ0n) is 14.0. The molecule has 2 aromatic heterocycles. The Morgan fingerprint density at radius 2 is 1.83 bits per heavy atom. The fourth-order valence-electron chi connectivity index (χ4n) is 2.94. The topological polar surface area (TPSA) is 76.4 Å². The van der Waals surface area contributed by atoms with Crippen LogP contribution in [0.1, 0.15) is 75.9 Å². The van der Waals surface area contributed by atoms with Gasteiger partial charge in [-0.05, 0) is 18.8 Å². The van der Waals surface area contributed by atoms with Crippen molar-refractivity contribution >= 4 is 26.3 Å². The lowest BCUT2D eigenvalue weighted by Gasteiger charge is -2.13. The molecule has 1 saturated carbocycles. The van der Waals surface area contributed by atoms with Gasteiger partial charge in [0.2, 0.25) is 4.96 Å². The molecule has 8 heteroatoms. The minimum absolute atomic E-state index is 0.0292. The summed E-state index contributed by atoms with van der Waals surface area (Å²) in [5.41, 5.74) is 0.601. The maximum absolute atomic E-state index is 13.0. The Balaban J connectivity index is 2.10. The molecule has 6 nitrogen and oxygen atoms in total. The van der Waals surface area contributed by atoms with E-state index in [0.717, 1.165) is 30.7 Å². The predicted molar refractivity (Wildman–Crippen MR) is 91.6 cm³/mol. The van der Waals surface area contributed by atoms with Gasteiger partial charge in [-0.25, -0.2) is 18.1 Å². The van der Waals surface area contributed by atoms with Crippen molar-refractivity contribution in [1.29, 1.82) is 0 Å². The second-order valence-electron chi connectivity index (χ2n) is 6.85. The van der Waals surface area contributed by atoms with Crippen LogP contribution >= 0.6 is 11.3 Å². The molecule has 1 aliphatic rings. The second-order valence-corrected chi connectivity index (χ2v) is 9.47. The van der Waals surface area contributed by atoms with Gasteiger partial charge in [-0.1, -0.05) is 51.9 Å². The summed E-state index contributed by atoms with van der Waals surface area (Å²) in [4.78, 5) is 5.21. The lowest BCUT2D eigenvalue weighted by Crippen LogP contribution is -2.34. The van der Waals surface area contributed by atoms with Gasteiger partial charge in [-0.2, -0.15) is 9.61 Å². The van der Waals surface area contributed by atoms with Gasteiger partial charge < -0.3 is 0 Å². The second kappa shape index (κ2) is 6.14. The number of rotatable bonds is 5. The Kier molecular flexibility index (Phi) is 4.50. The highest BCUT2D eigenvalue weighted by atomic mass is 32.2. The van der Waals surface area contributed by atoms with Crippen molar-refractivity contribution in [1.82, 2.24) is 19.3 Å². The summed E-state index contributed by atoms with van der Waals surface area (Å²) in [6.07, 6.45) is 3.99. The Bertz CT molecular complexity index is 799. The first-order valence-electron chi connectivity index (χ1n) is 8.21. The third kappa shape index (κ3) is 3.16. The van der Waals surface area contributed by atoms with E-state index in [1.165, 1.54) is 15.9 Å². The summed E-state index contributed by atoms with van der Waals surface area (Å²) in [7, 11) is -3.62. The number of fused-ring (bicyclic) bond motifs is 1. The summed E-state index contributed by atoms with van der Waals surface area (Å²) in [5.74, 6) is 0.282. The minimum Gasteiger partial charge on any atom is -0.221 e. The van der Waals surface area contributed by atoms with Crippen molar-refractivity contribution < 1.29 is 8.42 Å². The smallest absolute Gasteiger partial charge is 0.221 e. The van der Waals surface area contributed by atoms with Crippen LogP contribution in [0.2, 0.25) is 0 Å². The number of hydrogen-bond acceptors (Lipinski definition) is 5. The molecule has 0 aromatic carbocycles. The Labute approximate surface area is 141 Å². The molecule has 0 amide bonds. The van der Waals surface area contributed by atoms with E-state index in [4.69, 9.17) is 0 Å². The van der Waals surface area contributed by atoms with Gasteiger partial charge in [0.05, 0.1) is 5.69 Å². The van der Waals surface area contributed by atoms with Crippen LogP contribution in [0.3, 0.4) is 0 Å². The van der Waals surface area contributed by atoms with Gasteiger partial charge in [0.1, 0.15) is 5.01 Å². The van der Waals surface area contributed by atoms with Crippen molar-refractivity contribution in [3.8, 4) is 0 Å². The van der Waals surface area contributed by atoms with E-state index >= 15 is 0 Å². The molecule has 1 fully saturated rings. The maximum atomic E-state index is 13.0. The van der Waals surface area contributed by atoms with Crippen molar-refractivity contribution in [2.75, 3.05) is 0 Å². The third-order valence-corrected chi connectivity index (χ3v) is 6.92. The summed E-state index contributed by atoms with van der Waals surface area (Å²) in [6, 6.07) is 0.0359. The quantitative estimate of drug-likeness (QED) is 0.892. The summed E-state index contributed by atoms with van der Waals surface area (Å²) >= 11 is 1.47. The van der Waals surface area contributed by atoms with E-state index in [1.807, 2.05) is 27.7 Å². The first-order chi connectivity index (χ1) is 10.8. The predicted octanol–water partition coefficient (Wildman–Crippen LogP) is 3.26. The number of nitrogens with zero attached hydrogens (tertiary/aromatic N) is 3. The van der Waals surface area contributed by atoms with Crippen LogP contribution in [0, 0.1) is 0 Å². The van der Waals surface area contributed by atoms with Crippen molar-refractivity contribution in [3.05, 3.63) is 10.7 Å². The van der Waals surface area contributed by atoms with Crippen LogP contribution in [0.4, 0.5) is 0 Å². The van der Waals surface area contributed by atoms with Crippen LogP contribution in [0.5, 0.6) is 0 Å². The molecule has 23 heavy (non-hydrogen) atoms. The molecule has 3 rings (SSSR count). The summed E-state index contributed by atoms with van der Waals surface area (Å²) < 4.78 is 30.3. The molecule has 0 radical (unpaired) electrons. The van der Waals surface area contributed by atoms with E-state index < -0.39 is 10.0 Å². The SMILES string of the molecule is CC(C)c1nn2c(S(=O)(=O)NC3CCCC3)c(C(C)C)nc2s1. The lowest BCUT2D eigenvalue weighted by molar-refractivity contribution is 0.542. The van der Waals surface area contributed by atoms with Gasteiger partial charge in [-0.3, -0.25) is 0 Å². The summed E-state index contributed by atoms with van der Waals surface area (Å²) in [5, 5.41) is 5.63. The Morgan fingerprint density at radius 3 is 2.39 bits per heavy atom. The van der Waals surface area contributed by atoms with Crippen LogP contribution in [0.25, 0.3) is 4.96 Å². The molecule has 0 aliphatic heterocycles. The van der Waals surface area contributed by atoms with E-state index in [0.29, 0.717) is 10.7 Å². The van der Waals surface area contributed by atoms with Crippen LogP contribution in [0.15, 0.2) is 5.03 Å². The Hall–Kier alpha value is -0.990. The zero-order valence-corrected chi connectivity index (χ0v) is 15.7. The average molecular weight is 357 g/mol. The molecule has 2 aromatic rings. The van der Waals surface area contributed by atoms with Gasteiger partial charge in [0, 0.05) is 12.0 Å². The average Bonchev–Trinajstić information content (AvgIpc) is 3.10. The Morgan fingerprint density at radius 1 is 1.17 bits per heavy atom. The van der Waals surface area contributed by atoms with Gasteiger partial charge in [-0.15, -0.1) is 0 Å². The molecule has 0 saturated heterocycles.